The lowest BCUT2D eigenvalue weighted by atomic mass is 10.2. The summed E-state index contributed by atoms with van der Waals surface area (Å²) in [4.78, 5) is 0. The molecule has 0 aliphatic carbocycles. The maximum Gasteiger partial charge on any atom is 0.387 e. The van der Waals surface area contributed by atoms with Gasteiger partial charge in [-0.1, -0.05) is 12.1 Å². The number of H-pyrrole nitrogens is 1. The third kappa shape index (κ3) is 4.13. The van der Waals surface area contributed by atoms with Crippen LogP contribution in [0.3, 0.4) is 0 Å². The lowest BCUT2D eigenvalue weighted by Crippen LogP contribution is -2.01. The van der Waals surface area contributed by atoms with Gasteiger partial charge in [0.2, 0.25) is 4.77 Å². The largest absolute Gasteiger partial charge is 0.435 e. The minimum Gasteiger partial charge on any atom is -0.435 e. The number of alkyl halides is 2. The van der Waals surface area contributed by atoms with Crippen LogP contribution < -0.4 is 4.74 Å². The third-order valence-corrected chi connectivity index (χ3v) is 3.42. The molecule has 2 aromatic carbocycles. The zero-order valence-corrected chi connectivity index (χ0v) is 13.4. The summed E-state index contributed by atoms with van der Waals surface area (Å²) in [6.07, 6.45) is 1.44. The molecule has 0 spiro atoms. The van der Waals surface area contributed by atoms with Crippen LogP contribution in [0.15, 0.2) is 53.6 Å². The fraction of sp³-hybridized carbons (Fsp3) is 0.0625. The summed E-state index contributed by atoms with van der Waals surface area (Å²) in [5, 5.41) is 10.9. The number of benzene rings is 2. The second kappa shape index (κ2) is 7.31. The number of hydrogen-bond acceptors (Lipinski definition) is 4. The molecule has 0 unspecified atom stereocenters. The highest BCUT2D eigenvalue weighted by molar-refractivity contribution is 7.71. The lowest BCUT2D eigenvalue weighted by molar-refractivity contribution is -0.0498. The number of aromatic amines is 1. The van der Waals surface area contributed by atoms with E-state index in [-0.39, 0.29) is 16.3 Å². The summed E-state index contributed by atoms with van der Waals surface area (Å²) < 4.78 is 43.5. The second-order valence-electron chi connectivity index (χ2n) is 4.87. The Morgan fingerprint density at radius 1 is 1.20 bits per heavy atom. The molecule has 128 valence electrons. The van der Waals surface area contributed by atoms with Crippen molar-refractivity contribution in [2.45, 2.75) is 6.61 Å². The van der Waals surface area contributed by atoms with Gasteiger partial charge in [0.1, 0.15) is 11.6 Å². The van der Waals surface area contributed by atoms with Crippen LogP contribution in [0.2, 0.25) is 0 Å². The minimum atomic E-state index is -2.89. The molecule has 0 amide bonds. The molecule has 0 bridgehead atoms. The first-order chi connectivity index (χ1) is 12.0. The highest BCUT2D eigenvalue weighted by atomic mass is 32.1. The molecule has 0 atom stereocenters. The fourth-order valence-electron chi connectivity index (χ4n) is 2.08. The van der Waals surface area contributed by atoms with Crippen LogP contribution in [0.5, 0.6) is 5.75 Å². The van der Waals surface area contributed by atoms with Gasteiger partial charge in [-0.25, -0.2) is 9.49 Å². The molecule has 3 rings (SSSR count). The average Bonchev–Trinajstić information content (AvgIpc) is 2.94. The molecule has 9 heteroatoms. The van der Waals surface area contributed by atoms with Crippen molar-refractivity contribution in [1.82, 2.24) is 14.9 Å². The summed E-state index contributed by atoms with van der Waals surface area (Å²) in [6, 6.07) is 11.8. The summed E-state index contributed by atoms with van der Waals surface area (Å²) >= 11 is 5.13. The van der Waals surface area contributed by atoms with Crippen molar-refractivity contribution in [3.05, 3.63) is 64.7 Å². The van der Waals surface area contributed by atoms with Crippen molar-refractivity contribution in [3.8, 4) is 17.1 Å². The molecule has 0 saturated heterocycles. The average molecular weight is 364 g/mol. The monoisotopic (exact) mass is 364 g/mol. The maximum atomic E-state index is 13.2. The van der Waals surface area contributed by atoms with E-state index >= 15 is 0 Å². The molecule has 3 aromatic rings. The van der Waals surface area contributed by atoms with Crippen molar-refractivity contribution >= 4 is 18.4 Å². The Labute approximate surface area is 145 Å². The minimum absolute atomic E-state index is 0.0303. The number of nitrogens with zero attached hydrogens (tertiary/aromatic N) is 3. The van der Waals surface area contributed by atoms with Gasteiger partial charge in [0.25, 0.3) is 0 Å². The smallest absolute Gasteiger partial charge is 0.387 e. The molecule has 0 aliphatic heterocycles. The van der Waals surface area contributed by atoms with E-state index in [1.54, 1.807) is 24.3 Å². The zero-order valence-electron chi connectivity index (χ0n) is 12.6. The second-order valence-corrected chi connectivity index (χ2v) is 5.25. The Morgan fingerprint density at radius 2 is 1.96 bits per heavy atom. The molecule has 0 aliphatic rings. The highest BCUT2D eigenvalue weighted by Crippen LogP contribution is 2.22. The van der Waals surface area contributed by atoms with Gasteiger partial charge in [0, 0.05) is 5.56 Å². The molecule has 1 heterocycles. The number of ether oxygens (including phenoxy) is 1. The van der Waals surface area contributed by atoms with E-state index in [0.29, 0.717) is 17.0 Å². The number of hydrogen-bond donors (Lipinski definition) is 1. The van der Waals surface area contributed by atoms with Crippen LogP contribution in [0.1, 0.15) is 5.56 Å². The van der Waals surface area contributed by atoms with Crippen molar-refractivity contribution in [2.24, 2.45) is 5.10 Å². The fourth-order valence-corrected chi connectivity index (χ4v) is 2.26. The molecular formula is C16H11F3N4OS. The lowest BCUT2D eigenvalue weighted by Gasteiger charge is -2.05. The third-order valence-electron chi connectivity index (χ3n) is 3.16. The van der Waals surface area contributed by atoms with Crippen molar-refractivity contribution < 1.29 is 17.9 Å². The predicted molar refractivity (Wildman–Crippen MR) is 88.9 cm³/mol. The van der Waals surface area contributed by atoms with E-state index < -0.39 is 6.61 Å². The quantitative estimate of drug-likeness (QED) is 0.544. The van der Waals surface area contributed by atoms with Crippen molar-refractivity contribution in [2.75, 3.05) is 0 Å². The Hall–Kier alpha value is -2.94. The van der Waals surface area contributed by atoms with E-state index in [0.717, 1.165) is 0 Å². The van der Waals surface area contributed by atoms with Gasteiger partial charge in [0.15, 0.2) is 5.82 Å². The van der Waals surface area contributed by atoms with Crippen LogP contribution in [-0.2, 0) is 0 Å². The number of nitrogens with one attached hydrogen (secondary N) is 1. The molecule has 0 radical (unpaired) electrons. The molecule has 0 saturated carbocycles. The Morgan fingerprint density at radius 3 is 2.64 bits per heavy atom. The molecule has 0 fully saturated rings. The number of halogens is 3. The van der Waals surface area contributed by atoms with Gasteiger partial charge in [0.05, 0.1) is 6.21 Å². The topological polar surface area (TPSA) is 55.2 Å². The van der Waals surface area contributed by atoms with Crippen molar-refractivity contribution in [3.63, 3.8) is 0 Å². The molecule has 1 aromatic heterocycles. The summed E-state index contributed by atoms with van der Waals surface area (Å²) in [7, 11) is 0. The van der Waals surface area contributed by atoms with E-state index in [4.69, 9.17) is 12.2 Å². The van der Waals surface area contributed by atoms with E-state index in [2.05, 4.69) is 20.0 Å². The Kier molecular flexibility index (Phi) is 4.94. The molecule has 25 heavy (non-hydrogen) atoms. The first-order valence-corrected chi connectivity index (χ1v) is 7.46. The van der Waals surface area contributed by atoms with Crippen LogP contribution in [0, 0.1) is 10.6 Å². The molecule has 1 N–H and O–H groups in total. The standard InChI is InChI=1S/C16H11F3N4OS/c17-12-3-1-2-10(8-12)9-20-23-14(21-22-16(23)25)11-4-6-13(7-5-11)24-15(18)19/h1-9,15H,(H,22,25). The highest BCUT2D eigenvalue weighted by Gasteiger charge is 2.10. The van der Waals surface area contributed by atoms with Gasteiger partial charge in [-0.05, 0) is 54.2 Å². The Balaban J connectivity index is 1.90. The number of aromatic nitrogens is 3. The Bertz CT molecular complexity index is 951. The normalized spacial score (nSPS) is 11.4. The summed E-state index contributed by atoms with van der Waals surface area (Å²) in [5.41, 5.74) is 1.14. The molecule has 5 nitrogen and oxygen atoms in total. The first-order valence-electron chi connectivity index (χ1n) is 7.05. The predicted octanol–water partition coefficient (Wildman–Crippen LogP) is 4.23. The van der Waals surface area contributed by atoms with Gasteiger partial charge < -0.3 is 4.74 Å². The van der Waals surface area contributed by atoms with Gasteiger partial charge in [-0.15, -0.1) is 0 Å². The van der Waals surface area contributed by atoms with Crippen LogP contribution >= 0.6 is 12.2 Å². The molecular weight excluding hydrogens is 353 g/mol. The van der Waals surface area contributed by atoms with E-state index in [1.807, 2.05) is 0 Å². The maximum absolute atomic E-state index is 13.2. The summed E-state index contributed by atoms with van der Waals surface area (Å²) in [5.74, 6) is 0.0264. The van der Waals surface area contributed by atoms with Crippen LogP contribution in [0.25, 0.3) is 11.4 Å². The summed E-state index contributed by atoms with van der Waals surface area (Å²) in [6.45, 7) is -2.89. The van der Waals surface area contributed by atoms with Crippen LogP contribution in [0.4, 0.5) is 13.2 Å². The van der Waals surface area contributed by atoms with E-state index in [1.165, 1.54) is 35.2 Å². The SMILES string of the molecule is Fc1cccc(C=Nn2c(-c3ccc(OC(F)F)cc3)n[nH]c2=S)c1. The van der Waals surface area contributed by atoms with Gasteiger partial charge in [-0.3, -0.25) is 0 Å². The van der Waals surface area contributed by atoms with Gasteiger partial charge >= 0.3 is 6.61 Å². The first kappa shape index (κ1) is 16.9. The number of rotatable bonds is 5. The van der Waals surface area contributed by atoms with Crippen LogP contribution in [-0.4, -0.2) is 27.7 Å². The van der Waals surface area contributed by atoms with Crippen molar-refractivity contribution in [1.29, 1.82) is 0 Å². The van der Waals surface area contributed by atoms with E-state index in [9.17, 15) is 13.2 Å². The van der Waals surface area contributed by atoms with Gasteiger partial charge in [-0.2, -0.15) is 23.7 Å². The zero-order chi connectivity index (χ0) is 17.8.